The predicted molar refractivity (Wildman–Crippen MR) is 131 cm³/mol. The molecule has 3 N–H and O–H groups in total. The van der Waals surface area contributed by atoms with Crippen LogP contribution in [0.5, 0.6) is 0 Å². The first-order valence-corrected chi connectivity index (χ1v) is 12.3. The van der Waals surface area contributed by atoms with Crippen LogP contribution in [0.4, 0.5) is 5.69 Å². The van der Waals surface area contributed by atoms with E-state index in [9.17, 15) is 9.59 Å². The molecule has 1 aliphatic carbocycles. The highest BCUT2D eigenvalue weighted by Crippen LogP contribution is 2.37. The predicted octanol–water partition coefficient (Wildman–Crippen LogP) is 3.98. The van der Waals surface area contributed by atoms with Gasteiger partial charge in [0.1, 0.15) is 17.2 Å². The number of hydrogen-bond acceptors (Lipinski definition) is 6. The Kier molecular flexibility index (Phi) is 7.42. The van der Waals surface area contributed by atoms with E-state index in [1.807, 2.05) is 0 Å². The maximum Gasteiger partial charge on any atom is 0.271 e. The molecule has 9 nitrogen and oxygen atoms in total. The fraction of sp³-hybridized carbons (Fsp3) is 0.640. The summed E-state index contributed by atoms with van der Waals surface area (Å²) in [5.74, 6) is 1.39. The summed E-state index contributed by atoms with van der Waals surface area (Å²) >= 11 is 0. The molecule has 4 rings (SSSR count). The molecular formula is C25H39N5O4. The molecule has 9 heteroatoms. The second kappa shape index (κ2) is 10.3. The Hall–Kier alpha value is -2.65. The summed E-state index contributed by atoms with van der Waals surface area (Å²) in [7, 11) is 0. The number of anilines is 1. The topological polar surface area (TPSA) is 112 Å². The van der Waals surface area contributed by atoms with Gasteiger partial charge in [-0.3, -0.25) is 19.6 Å². The summed E-state index contributed by atoms with van der Waals surface area (Å²) in [6.45, 7) is 12.3. The zero-order chi connectivity index (χ0) is 24.3. The third-order valence-corrected chi connectivity index (χ3v) is 7.10. The Morgan fingerprint density at radius 3 is 2.56 bits per heavy atom. The van der Waals surface area contributed by atoms with Crippen molar-refractivity contribution in [2.75, 3.05) is 31.6 Å². The van der Waals surface area contributed by atoms with Gasteiger partial charge in [0.15, 0.2) is 0 Å². The van der Waals surface area contributed by atoms with Gasteiger partial charge >= 0.3 is 0 Å². The molecule has 0 radical (unpaired) electrons. The molecule has 1 aliphatic heterocycles. The Morgan fingerprint density at radius 2 is 1.88 bits per heavy atom. The van der Waals surface area contributed by atoms with Crippen LogP contribution in [-0.4, -0.2) is 59.3 Å². The fourth-order valence-electron chi connectivity index (χ4n) is 4.93. The summed E-state index contributed by atoms with van der Waals surface area (Å²) in [6, 6.07) is 1.91. The molecule has 0 spiro atoms. The van der Waals surface area contributed by atoms with E-state index in [1.54, 1.807) is 13.0 Å². The molecule has 0 atom stereocenters. The molecule has 0 bridgehead atoms. The summed E-state index contributed by atoms with van der Waals surface area (Å²) in [6.07, 6.45) is 5.60. The van der Waals surface area contributed by atoms with Crippen LogP contribution in [0.2, 0.25) is 0 Å². The van der Waals surface area contributed by atoms with Gasteiger partial charge in [0.25, 0.3) is 11.8 Å². The maximum atomic E-state index is 13.0. The molecular weight excluding hydrogens is 434 g/mol. The van der Waals surface area contributed by atoms with Gasteiger partial charge in [-0.2, -0.15) is 5.10 Å². The number of rotatable bonds is 6. The smallest absolute Gasteiger partial charge is 0.271 e. The van der Waals surface area contributed by atoms with Crippen LogP contribution in [0.1, 0.15) is 80.2 Å². The molecule has 2 aromatic heterocycles. The summed E-state index contributed by atoms with van der Waals surface area (Å²) < 4.78 is 11.2. The van der Waals surface area contributed by atoms with Crippen LogP contribution < -0.4 is 10.6 Å². The normalized spacial score (nSPS) is 21.9. The van der Waals surface area contributed by atoms with Crippen molar-refractivity contribution >= 4 is 17.5 Å². The number of carbonyl (C=O) groups is 2. The zero-order valence-corrected chi connectivity index (χ0v) is 20.7. The highest BCUT2D eigenvalue weighted by Gasteiger charge is 2.31. The van der Waals surface area contributed by atoms with Gasteiger partial charge in [-0.1, -0.05) is 20.8 Å². The van der Waals surface area contributed by atoms with Crippen molar-refractivity contribution < 1.29 is 20.2 Å². The number of furan rings is 1. The lowest BCUT2D eigenvalue weighted by molar-refractivity contribution is 0.0312. The number of morpholine rings is 1. The van der Waals surface area contributed by atoms with Gasteiger partial charge in [0.05, 0.1) is 37.2 Å². The molecule has 0 unspecified atom stereocenters. The van der Waals surface area contributed by atoms with Crippen molar-refractivity contribution in [1.29, 1.82) is 0 Å². The van der Waals surface area contributed by atoms with E-state index in [0.29, 0.717) is 48.1 Å². The molecule has 3 heterocycles. The number of H-pyrrole nitrogens is 1. The van der Waals surface area contributed by atoms with Crippen molar-refractivity contribution in [1.82, 2.24) is 20.4 Å². The molecule has 188 valence electrons. The van der Waals surface area contributed by atoms with Crippen molar-refractivity contribution in [3.63, 3.8) is 0 Å². The average Bonchev–Trinajstić information content (AvgIpc) is 3.40. The average molecular weight is 474 g/mol. The summed E-state index contributed by atoms with van der Waals surface area (Å²) in [5, 5.41) is 12.7. The fourth-order valence-corrected chi connectivity index (χ4v) is 4.93. The summed E-state index contributed by atoms with van der Waals surface area (Å²) in [5.41, 5.74) is 1.38. The van der Waals surface area contributed by atoms with Crippen LogP contribution in [0.25, 0.3) is 0 Å². The molecule has 2 aliphatic rings. The SMILES string of the molecule is Cc1oc(CN2CCOCC2)cc1C(=O)Nc1cn[nH]c1C(=O)NC1CCC(C(C)(C)C)CC1.[HH]. The van der Waals surface area contributed by atoms with Crippen molar-refractivity contribution in [2.24, 2.45) is 11.3 Å². The van der Waals surface area contributed by atoms with Gasteiger partial charge in [-0.15, -0.1) is 0 Å². The second-order valence-electron chi connectivity index (χ2n) is 10.6. The third kappa shape index (κ3) is 5.88. The minimum atomic E-state index is -0.324. The number of aryl methyl sites for hydroxylation is 1. The first-order chi connectivity index (χ1) is 16.2. The van der Waals surface area contributed by atoms with E-state index in [2.05, 4.69) is 46.5 Å². The third-order valence-electron chi connectivity index (χ3n) is 7.10. The number of aromatic nitrogens is 2. The highest BCUT2D eigenvalue weighted by atomic mass is 16.5. The van der Waals surface area contributed by atoms with Gasteiger partial charge in [-0.25, -0.2) is 0 Å². The monoisotopic (exact) mass is 473 g/mol. The van der Waals surface area contributed by atoms with Crippen LogP contribution >= 0.6 is 0 Å². The number of carbonyl (C=O) groups excluding carboxylic acids is 2. The Morgan fingerprint density at radius 1 is 1.18 bits per heavy atom. The zero-order valence-electron chi connectivity index (χ0n) is 20.7. The Bertz CT molecular complexity index is 998. The highest BCUT2D eigenvalue weighted by molar-refractivity contribution is 6.08. The van der Waals surface area contributed by atoms with Crippen molar-refractivity contribution in [3.05, 3.63) is 35.0 Å². The summed E-state index contributed by atoms with van der Waals surface area (Å²) in [4.78, 5) is 28.1. The molecule has 2 fully saturated rings. The molecule has 1 saturated heterocycles. The van der Waals surface area contributed by atoms with Gasteiger partial charge in [0, 0.05) is 20.6 Å². The first-order valence-electron chi connectivity index (χ1n) is 12.3. The Balaban J connectivity index is 0.00000342. The van der Waals surface area contributed by atoms with E-state index >= 15 is 0 Å². The second-order valence-corrected chi connectivity index (χ2v) is 10.6. The van der Waals surface area contributed by atoms with Gasteiger partial charge in [0.2, 0.25) is 0 Å². The van der Waals surface area contributed by atoms with Crippen molar-refractivity contribution in [2.45, 2.75) is 66.0 Å². The molecule has 34 heavy (non-hydrogen) atoms. The lowest BCUT2D eigenvalue weighted by atomic mass is 9.71. The Labute approximate surface area is 202 Å². The van der Waals surface area contributed by atoms with Crippen LogP contribution in [0.15, 0.2) is 16.7 Å². The lowest BCUT2D eigenvalue weighted by Gasteiger charge is -2.37. The quantitative estimate of drug-likeness (QED) is 0.585. The molecule has 1 saturated carbocycles. The lowest BCUT2D eigenvalue weighted by Crippen LogP contribution is -2.39. The van der Waals surface area contributed by atoms with E-state index in [4.69, 9.17) is 9.15 Å². The number of aromatic amines is 1. The molecule has 2 amide bonds. The number of amides is 2. The maximum absolute atomic E-state index is 13.0. The number of ether oxygens (including phenoxy) is 1. The minimum Gasteiger partial charge on any atom is -0.464 e. The number of nitrogens with zero attached hydrogens (tertiary/aromatic N) is 2. The molecule has 2 aromatic rings. The van der Waals surface area contributed by atoms with Crippen molar-refractivity contribution in [3.8, 4) is 0 Å². The van der Waals surface area contributed by atoms with Gasteiger partial charge in [-0.05, 0) is 50.0 Å². The van der Waals surface area contributed by atoms with E-state index in [1.165, 1.54) is 6.20 Å². The minimum absolute atomic E-state index is 0. The van der Waals surface area contributed by atoms with E-state index < -0.39 is 0 Å². The standard InChI is InChI=1S/C25H37N5O4.H2/c1-16-20(13-19(34-16)15-30-9-11-33-12-10-30)23(31)28-21-14-26-29-22(21)24(32)27-18-7-5-17(6-8-18)25(2,3)4;/h13-14,17-18H,5-12,15H2,1-4H3,(H,26,29)(H,27,32)(H,28,31);1H. The van der Waals surface area contributed by atoms with E-state index in [-0.39, 0.29) is 25.0 Å². The molecule has 0 aromatic carbocycles. The van der Waals surface area contributed by atoms with Crippen LogP contribution in [0, 0.1) is 18.3 Å². The van der Waals surface area contributed by atoms with Crippen LogP contribution in [0.3, 0.4) is 0 Å². The van der Waals surface area contributed by atoms with Gasteiger partial charge < -0.3 is 19.8 Å². The van der Waals surface area contributed by atoms with Crippen LogP contribution in [-0.2, 0) is 11.3 Å². The largest absolute Gasteiger partial charge is 0.464 e. The number of nitrogens with one attached hydrogen (secondary N) is 3. The van der Waals surface area contributed by atoms with E-state index in [0.717, 1.165) is 44.5 Å². The number of hydrogen-bond donors (Lipinski definition) is 3. The first kappa shape index (κ1) is 24.5.